The quantitative estimate of drug-likeness (QED) is 0.629. The van der Waals surface area contributed by atoms with Gasteiger partial charge in [-0.1, -0.05) is 0 Å². The maximum atomic E-state index is 12.8. The topological polar surface area (TPSA) is 56.0 Å². The van der Waals surface area contributed by atoms with Gasteiger partial charge in [0.25, 0.3) is 0 Å². The minimum Gasteiger partial charge on any atom is -0.345 e. The number of halogens is 4. The van der Waals surface area contributed by atoms with E-state index in [1.165, 1.54) is 0 Å². The van der Waals surface area contributed by atoms with Gasteiger partial charge in [-0.3, -0.25) is 9.48 Å². The zero-order chi connectivity index (χ0) is 18.2. The lowest BCUT2D eigenvalue weighted by atomic mass is 9.99. The molecule has 144 valence electrons. The van der Waals surface area contributed by atoms with Crippen LogP contribution in [0.5, 0.6) is 0 Å². The van der Waals surface area contributed by atoms with E-state index >= 15 is 0 Å². The zero-order valence-corrected chi connectivity index (χ0v) is 16.9. The van der Waals surface area contributed by atoms with Crippen molar-refractivity contribution in [3.05, 3.63) is 35.7 Å². The minimum atomic E-state index is -4.42. The Morgan fingerprint density at radius 2 is 2.15 bits per heavy atom. The summed E-state index contributed by atoms with van der Waals surface area (Å²) in [5.74, 6) is 0.526. The third-order valence-corrected chi connectivity index (χ3v) is 4.44. The molecular formula is C16H21F3IN5O. The lowest BCUT2D eigenvalue weighted by Gasteiger charge is -2.28. The summed E-state index contributed by atoms with van der Waals surface area (Å²) in [6, 6.07) is 1.79. The Balaban J connectivity index is 0.00000243. The first-order valence-corrected chi connectivity index (χ1v) is 8.08. The molecule has 0 aromatic carbocycles. The van der Waals surface area contributed by atoms with Gasteiger partial charge in [0.2, 0.25) is 5.91 Å². The molecule has 2 aromatic rings. The molecule has 6 nitrogen and oxygen atoms in total. The van der Waals surface area contributed by atoms with Crippen molar-refractivity contribution in [3.63, 3.8) is 0 Å². The van der Waals surface area contributed by atoms with Gasteiger partial charge < -0.3 is 9.47 Å². The van der Waals surface area contributed by atoms with Crippen molar-refractivity contribution in [2.45, 2.75) is 32.0 Å². The molecule has 0 fully saturated rings. The minimum absolute atomic E-state index is 0. The summed E-state index contributed by atoms with van der Waals surface area (Å²) in [5, 5.41) is 4.19. The SMILES string of the molecule is CN(CC1CCc2nc(C(F)(F)F)cn2C1)C(=O)Cc1ccn(C)n1.I. The first-order valence-electron chi connectivity index (χ1n) is 8.08. The van der Waals surface area contributed by atoms with Crippen molar-refractivity contribution < 1.29 is 18.0 Å². The van der Waals surface area contributed by atoms with Gasteiger partial charge >= 0.3 is 6.18 Å². The Kier molecular flexibility index (Phi) is 6.35. The lowest BCUT2D eigenvalue weighted by molar-refractivity contribution is -0.141. The number of amides is 1. The first kappa shape index (κ1) is 20.7. The van der Waals surface area contributed by atoms with Crippen LogP contribution in [-0.4, -0.2) is 43.7 Å². The van der Waals surface area contributed by atoms with Crippen molar-refractivity contribution in [2.24, 2.45) is 13.0 Å². The predicted molar refractivity (Wildman–Crippen MR) is 99.0 cm³/mol. The third-order valence-electron chi connectivity index (χ3n) is 4.44. The Bertz CT molecular complexity index is 770. The van der Waals surface area contributed by atoms with Crippen molar-refractivity contribution in [2.75, 3.05) is 13.6 Å². The van der Waals surface area contributed by atoms with Gasteiger partial charge in [-0.15, -0.1) is 24.0 Å². The fourth-order valence-electron chi connectivity index (χ4n) is 3.14. The van der Waals surface area contributed by atoms with Crippen LogP contribution in [0.15, 0.2) is 18.5 Å². The van der Waals surface area contributed by atoms with E-state index < -0.39 is 11.9 Å². The molecule has 10 heteroatoms. The van der Waals surface area contributed by atoms with Crippen LogP contribution in [0.2, 0.25) is 0 Å². The van der Waals surface area contributed by atoms with Crippen LogP contribution in [0.25, 0.3) is 0 Å². The number of aromatic nitrogens is 4. The molecule has 1 aliphatic rings. The van der Waals surface area contributed by atoms with Crippen molar-refractivity contribution in [3.8, 4) is 0 Å². The van der Waals surface area contributed by atoms with Crippen LogP contribution in [0.3, 0.4) is 0 Å². The molecule has 2 aromatic heterocycles. The average molecular weight is 483 g/mol. The maximum Gasteiger partial charge on any atom is 0.434 e. The second kappa shape index (κ2) is 7.97. The van der Waals surface area contributed by atoms with E-state index in [0.29, 0.717) is 31.0 Å². The number of carbonyl (C=O) groups excluding carboxylic acids is 1. The van der Waals surface area contributed by atoms with E-state index in [2.05, 4.69) is 10.1 Å². The Hall–Kier alpha value is -1.59. The fraction of sp³-hybridized carbons (Fsp3) is 0.562. The molecule has 1 aliphatic heterocycles. The molecule has 1 unspecified atom stereocenters. The van der Waals surface area contributed by atoms with Crippen molar-refractivity contribution in [1.82, 2.24) is 24.2 Å². The Morgan fingerprint density at radius 1 is 1.42 bits per heavy atom. The van der Waals surface area contributed by atoms with Gasteiger partial charge in [-0.2, -0.15) is 18.3 Å². The van der Waals surface area contributed by atoms with E-state index in [9.17, 15) is 18.0 Å². The maximum absolute atomic E-state index is 12.8. The number of hydrogen-bond acceptors (Lipinski definition) is 3. The summed E-state index contributed by atoms with van der Waals surface area (Å²) >= 11 is 0. The summed E-state index contributed by atoms with van der Waals surface area (Å²) in [6.45, 7) is 0.949. The third kappa shape index (κ3) is 4.77. The molecule has 1 atom stereocenters. The number of hydrogen-bond donors (Lipinski definition) is 0. The standard InChI is InChI=1S/C16H20F3N5O.HI/c1-22(15(25)7-12-5-6-23(2)21-12)8-11-3-4-14-20-13(16(17,18)19)10-24(14)9-11;/h5-6,10-11H,3-4,7-9H2,1-2H3;1H. The highest BCUT2D eigenvalue weighted by molar-refractivity contribution is 14.0. The van der Waals surface area contributed by atoms with E-state index in [0.717, 1.165) is 12.6 Å². The number of nitrogens with zero attached hydrogens (tertiary/aromatic N) is 5. The van der Waals surface area contributed by atoms with Crippen LogP contribution < -0.4 is 0 Å². The van der Waals surface area contributed by atoms with Crippen LogP contribution in [0.1, 0.15) is 23.6 Å². The molecular weight excluding hydrogens is 462 g/mol. The molecule has 0 spiro atoms. The number of imidazole rings is 1. The number of alkyl halides is 3. The molecule has 0 bridgehead atoms. The Morgan fingerprint density at radius 3 is 2.77 bits per heavy atom. The second-order valence-corrected chi connectivity index (χ2v) is 6.53. The zero-order valence-electron chi connectivity index (χ0n) is 14.5. The number of aryl methyl sites for hydroxylation is 2. The largest absolute Gasteiger partial charge is 0.434 e. The van der Waals surface area contributed by atoms with E-state index in [4.69, 9.17) is 0 Å². The van der Waals surface area contributed by atoms with E-state index in [1.807, 2.05) is 0 Å². The van der Waals surface area contributed by atoms with Crippen molar-refractivity contribution >= 4 is 29.9 Å². The highest BCUT2D eigenvalue weighted by Gasteiger charge is 2.36. The predicted octanol–water partition coefficient (Wildman–Crippen LogP) is 2.52. The smallest absolute Gasteiger partial charge is 0.345 e. The number of likely N-dealkylation sites (N-methyl/N-ethyl adjacent to an activating group) is 1. The molecule has 3 heterocycles. The second-order valence-electron chi connectivity index (χ2n) is 6.53. The molecule has 0 saturated heterocycles. The molecule has 3 rings (SSSR count). The van der Waals surface area contributed by atoms with Gasteiger partial charge in [0.05, 0.1) is 12.1 Å². The highest BCUT2D eigenvalue weighted by Crippen LogP contribution is 2.30. The lowest BCUT2D eigenvalue weighted by Crippen LogP contribution is -2.36. The van der Waals surface area contributed by atoms with Crippen LogP contribution in [-0.2, 0) is 37.4 Å². The Labute approximate surface area is 166 Å². The van der Waals surface area contributed by atoms with Gasteiger partial charge in [0, 0.05) is 46.0 Å². The number of carbonyl (C=O) groups is 1. The first-order chi connectivity index (χ1) is 11.7. The summed E-state index contributed by atoms with van der Waals surface area (Å²) in [6.07, 6.45) is -0.147. The monoisotopic (exact) mass is 483 g/mol. The van der Waals surface area contributed by atoms with Crippen LogP contribution >= 0.6 is 24.0 Å². The number of rotatable bonds is 4. The fourth-order valence-corrected chi connectivity index (χ4v) is 3.14. The molecule has 1 amide bonds. The molecule has 26 heavy (non-hydrogen) atoms. The highest BCUT2D eigenvalue weighted by atomic mass is 127. The molecule has 0 N–H and O–H groups in total. The van der Waals surface area contributed by atoms with Crippen LogP contribution in [0.4, 0.5) is 13.2 Å². The van der Waals surface area contributed by atoms with Gasteiger partial charge in [0.15, 0.2) is 5.69 Å². The summed E-state index contributed by atoms with van der Waals surface area (Å²) < 4.78 is 41.5. The normalized spacial score (nSPS) is 16.7. The summed E-state index contributed by atoms with van der Waals surface area (Å²) in [7, 11) is 3.51. The average Bonchev–Trinajstić information content (AvgIpc) is 3.12. The molecule has 0 aliphatic carbocycles. The van der Waals surface area contributed by atoms with Gasteiger partial charge in [-0.25, -0.2) is 4.98 Å². The molecule has 0 radical (unpaired) electrons. The number of fused-ring (bicyclic) bond motifs is 1. The van der Waals surface area contributed by atoms with Crippen molar-refractivity contribution in [1.29, 1.82) is 0 Å². The summed E-state index contributed by atoms with van der Waals surface area (Å²) in [4.78, 5) is 17.6. The van der Waals surface area contributed by atoms with E-state index in [-0.39, 0.29) is 42.2 Å². The van der Waals surface area contributed by atoms with E-state index in [1.54, 1.807) is 40.5 Å². The van der Waals surface area contributed by atoms with Gasteiger partial charge in [0.1, 0.15) is 5.82 Å². The van der Waals surface area contributed by atoms with Crippen LogP contribution in [0, 0.1) is 5.92 Å². The molecule has 0 saturated carbocycles. The van der Waals surface area contributed by atoms with Gasteiger partial charge in [-0.05, 0) is 18.4 Å². The summed E-state index contributed by atoms with van der Waals surface area (Å²) in [5.41, 5.74) is -0.141.